The Kier molecular flexibility index (Phi) is 3.44. The number of quaternary nitrogens is 1. The van der Waals surface area contributed by atoms with Gasteiger partial charge in [0, 0.05) is 12.3 Å². The second-order valence-corrected chi connectivity index (χ2v) is 3.70. The molecule has 1 rings (SSSR count). The molecule has 0 bridgehead atoms. The molecule has 0 aromatic rings. The number of hydrogen-bond acceptors (Lipinski definition) is 3. The first kappa shape index (κ1) is 10.7. The highest BCUT2D eigenvalue weighted by Gasteiger charge is 2.38. The summed E-state index contributed by atoms with van der Waals surface area (Å²) in [7, 11) is 0. The Morgan fingerprint density at radius 3 is 2.62 bits per heavy atom. The monoisotopic (exact) mass is 187 g/mol. The van der Waals surface area contributed by atoms with Gasteiger partial charge in [0.1, 0.15) is 12.3 Å². The molecule has 4 nitrogen and oxygen atoms in total. The molecule has 76 valence electrons. The summed E-state index contributed by atoms with van der Waals surface area (Å²) in [5.41, 5.74) is 0.525. The van der Waals surface area contributed by atoms with Crippen molar-refractivity contribution in [2.45, 2.75) is 20.3 Å². The largest absolute Gasteiger partial charge is 0.595 e. The van der Waals surface area contributed by atoms with Gasteiger partial charge in [-0.05, 0) is 13.0 Å². The second-order valence-electron chi connectivity index (χ2n) is 3.70. The Labute approximate surface area is 78.7 Å². The van der Waals surface area contributed by atoms with E-state index in [1.165, 1.54) is 0 Å². The van der Waals surface area contributed by atoms with Crippen molar-refractivity contribution in [3.63, 3.8) is 0 Å². The van der Waals surface area contributed by atoms with E-state index in [1.54, 1.807) is 6.92 Å². The Balaban J connectivity index is 2.28. The van der Waals surface area contributed by atoms with E-state index in [0.29, 0.717) is 25.5 Å². The van der Waals surface area contributed by atoms with Crippen LogP contribution < -0.4 is 5.23 Å². The number of nitrogens with one attached hydrogen (secondary N) is 1. The van der Waals surface area contributed by atoms with E-state index in [4.69, 9.17) is 9.57 Å². The first-order valence-corrected chi connectivity index (χ1v) is 4.50. The normalized spacial score (nSPS) is 22.1. The lowest BCUT2D eigenvalue weighted by Gasteiger charge is -2.40. The summed E-state index contributed by atoms with van der Waals surface area (Å²) in [6.45, 7) is 9.11. The molecule has 0 spiro atoms. The van der Waals surface area contributed by atoms with Crippen LogP contribution in [-0.2, 0) is 9.57 Å². The van der Waals surface area contributed by atoms with Gasteiger partial charge in [-0.2, -0.15) is 10.1 Å². The predicted octanol–water partition coefficient (Wildman–Crippen LogP) is 0.261. The SMILES string of the molecule is C=C(C)[NH+]([O-])OCC1(CC)COC1. The van der Waals surface area contributed by atoms with Crippen LogP contribution in [0.5, 0.6) is 0 Å². The Hall–Kier alpha value is -0.420. The van der Waals surface area contributed by atoms with E-state index in [-0.39, 0.29) is 10.6 Å². The van der Waals surface area contributed by atoms with Crippen LogP contribution in [0.2, 0.25) is 0 Å². The fourth-order valence-corrected chi connectivity index (χ4v) is 1.12. The number of allylic oxidation sites excluding steroid dienone is 1. The van der Waals surface area contributed by atoms with Crippen LogP contribution in [-0.4, -0.2) is 19.8 Å². The molecule has 4 heteroatoms. The topological polar surface area (TPSA) is 46.0 Å². The minimum atomic E-state index is -0.306. The van der Waals surface area contributed by atoms with Crippen LogP contribution in [0, 0.1) is 10.6 Å². The molecule has 0 amide bonds. The van der Waals surface area contributed by atoms with Crippen LogP contribution in [0.3, 0.4) is 0 Å². The van der Waals surface area contributed by atoms with Gasteiger partial charge in [0.25, 0.3) is 0 Å². The summed E-state index contributed by atoms with van der Waals surface area (Å²) in [6.07, 6.45) is 0.983. The second kappa shape index (κ2) is 4.19. The standard InChI is InChI=1S/C9H17NO3/c1-4-9(5-12-6-9)7-13-10(11)8(2)3/h10H,2,4-7H2,1,3H3. The highest BCUT2D eigenvalue weighted by Crippen LogP contribution is 2.30. The van der Waals surface area contributed by atoms with E-state index in [2.05, 4.69) is 13.5 Å². The van der Waals surface area contributed by atoms with Crippen molar-refractivity contribution >= 4 is 0 Å². The molecule has 0 aliphatic carbocycles. The van der Waals surface area contributed by atoms with Gasteiger partial charge in [0.2, 0.25) is 0 Å². The highest BCUT2D eigenvalue weighted by atomic mass is 16.9. The molecular formula is C9H17NO3. The predicted molar refractivity (Wildman–Crippen MR) is 48.6 cm³/mol. The molecule has 1 atom stereocenters. The van der Waals surface area contributed by atoms with Crippen molar-refractivity contribution in [1.29, 1.82) is 0 Å². The van der Waals surface area contributed by atoms with Gasteiger partial charge in [0.15, 0.2) is 0 Å². The number of hydrogen-bond donors (Lipinski definition) is 1. The lowest BCUT2D eigenvalue weighted by Crippen LogP contribution is -3.04. The molecule has 0 aromatic heterocycles. The molecule has 1 heterocycles. The highest BCUT2D eigenvalue weighted by molar-refractivity contribution is 4.83. The van der Waals surface area contributed by atoms with Crippen LogP contribution in [0.1, 0.15) is 20.3 Å². The van der Waals surface area contributed by atoms with E-state index in [1.807, 2.05) is 0 Å². The fraction of sp³-hybridized carbons (Fsp3) is 0.778. The van der Waals surface area contributed by atoms with E-state index >= 15 is 0 Å². The average molecular weight is 187 g/mol. The van der Waals surface area contributed by atoms with E-state index < -0.39 is 0 Å². The van der Waals surface area contributed by atoms with Crippen molar-refractivity contribution < 1.29 is 14.8 Å². The van der Waals surface area contributed by atoms with Crippen molar-refractivity contribution in [2.75, 3.05) is 19.8 Å². The lowest BCUT2D eigenvalue weighted by molar-refractivity contribution is -1.02. The summed E-state index contributed by atoms with van der Waals surface area (Å²) in [6, 6.07) is 0. The quantitative estimate of drug-likeness (QED) is 0.628. The maximum absolute atomic E-state index is 11.1. The van der Waals surface area contributed by atoms with Crippen molar-refractivity contribution in [3.8, 4) is 0 Å². The molecule has 1 saturated heterocycles. The molecule has 1 fully saturated rings. The molecule has 1 N–H and O–H groups in total. The van der Waals surface area contributed by atoms with Crippen molar-refractivity contribution in [3.05, 3.63) is 17.5 Å². The molecule has 1 unspecified atom stereocenters. The lowest BCUT2D eigenvalue weighted by atomic mass is 9.84. The molecule has 1 aliphatic heterocycles. The van der Waals surface area contributed by atoms with Crippen LogP contribution in [0.25, 0.3) is 0 Å². The molecule has 0 aromatic carbocycles. The number of hydroxylamine groups is 2. The third-order valence-electron chi connectivity index (χ3n) is 2.42. The summed E-state index contributed by atoms with van der Waals surface area (Å²) >= 11 is 0. The zero-order chi connectivity index (χ0) is 9.90. The van der Waals surface area contributed by atoms with E-state index in [9.17, 15) is 5.21 Å². The number of ether oxygens (including phenoxy) is 1. The minimum absolute atomic E-state index is 0.0745. The van der Waals surface area contributed by atoms with Crippen molar-refractivity contribution in [2.24, 2.45) is 5.41 Å². The Morgan fingerprint density at radius 1 is 1.69 bits per heavy atom. The summed E-state index contributed by atoms with van der Waals surface area (Å²) in [4.78, 5) is 5.08. The van der Waals surface area contributed by atoms with Gasteiger partial charge in [0.05, 0.1) is 13.2 Å². The van der Waals surface area contributed by atoms with Gasteiger partial charge < -0.3 is 9.94 Å². The smallest absolute Gasteiger partial charge is 0.129 e. The van der Waals surface area contributed by atoms with Gasteiger partial charge in [-0.25, -0.2) is 0 Å². The summed E-state index contributed by atoms with van der Waals surface area (Å²) in [5, 5.41) is 10.8. The fourth-order valence-electron chi connectivity index (χ4n) is 1.12. The molecular weight excluding hydrogens is 170 g/mol. The van der Waals surface area contributed by atoms with Crippen LogP contribution in [0.4, 0.5) is 0 Å². The first-order chi connectivity index (χ1) is 6.09. The van der Waals surface area contributed by atoms with Gasteiger partial charge in [-0.15, -0.1) is 0 Å². The maximum atomic E-state index is 11.1. The maximum Gasteiger partial charge on any atom is 0.129 e. The molecule has 13 heavy (non-hydrogen) atoms. The van der Waals surface area contributed by atoms with Crippen LogP contribution >= 0.6 is 0 Å². The third kappa shape index (κ3) is 2.51. The Morgan fingerprint density at radius 2 is 2.31 bits per heavy atom. The average Bonchev–Trinajstić information content (AvgIpc) is 2.02. The Bertz CT molecular complexity index is 184. The summed E-state index contributed by atoms with van der Waals surface area (Å²) < 4.78 is 5.11. The summed E-state index contributed by atoms with van der Waals surface area (Å²) in [5.74, 6) is 0. The molecule has 0 saturated carbocycles. The van der Waals surface area contributed by atoms with Crippen LogP contribution in [0.15, 0.2) is 12.3 Å². The zero-order valence-electron chi connectivity index (χ0n) is 8.26. The van der Waals surface area contributed by atoms with Gasteiger partial charge in [-0.3, -0.25) is 0 Å². The molecule has 1 aliphatic rings. The van der Waals surface area contributed by atoms with Crippen molar-refractivity contribution in [1.82, 2.24) is 0 Å². The number of rotatable bonds is 5. The van der Waals surface area contributed by atoms with Gasteiger partial charge >= 0.3 is 0 Å². The first-order valence-electron chi connectivity index (χ1n) is 4.50. The van der Waals surface area contributed by atoms with Gasteiger partial charge in [-0.1, -0.05) is 6.92 Å². The third-order valence-corrected chi connectivity index (χ3v) is 2.42. The molecule has 0 radical (unpaired) electrons. The minimum Gasteiger partial charge on any atom is -0.595 e. The zero-order valence-corrected chi connectivity index (χ0v) is 8.26. The van der Waals surface area contributed by atoms with E-state index in [0.717, 1.165) is 6.42 Å².